The van der Waals surface area contributed by atoms with Gasteiger partial charge in [0.2, 0.25) is 0 Å². The largest absolute Gasteiger partial charge is 0.506 e. The average molecular weight is 330 g/mol. The SMILES string of the molecule is Oc1ccc(CNc2cc(Br)ccn2)c2cccnc12. The molecule has 2 N–H and O–H groups in total. The topological polar surface area (TPSA) is 58.0 Å². The Morgan fingerprint density at radius 1 is 1.10 bits per heavy atom. The predicted molar refractivity (Wildman–Crippen MR) is 82.7 cm³/mol. The van der Waals surface area contributed by atoms with Crippen LogP contribution in [0.4, 0.5) is 5.82 Å². The summed E-state index contributed by atoms with van der Waals surface area (Å²) in [6, 6.07) is 11.2. The highest BCUT2D eigenvalue weighted by Gasteiger charge is 2.06. The Morgan fingerprint density at radius 3 is 2.85 bits per heavy atom. The van der Waals surface area contributed by atoms with Gasteiger partial charge in [-0.25, -0.2) is 4.98 Å². The molecule has 20 heavy (non-hydrogen) atoms. The van der Waals surface area contributed by atoms with Crippen molar-refractivity contribution < 1.29 is 5.11 Å². The number of pyridine rings is 2. The number of hydrogen-bond acceptors (Lipinski definition) is 4. The molecule has 0 unspecified atom stereocenters. The average Bonchev–Trinajstić information content (AvgIpc) is 2.47. The van der Waals surface area contributed by atoms with Crippen molar-refractivity contribution in [2.24, 2.45) is 0 Å². The number of hydrogen-bond donors (Lipinski definition) is 2. The Kier molecular flexibility index (Phi) is 3.52. The van der Waals surface area contributed by atoms with Crippen LogP contribution in [0.15, 0.2) is 53.3 Å². The minimum atomic E-state index is 0.199. The van der Waals surface area contributed by atoms with Crippen LogP contribution in [0.2, 0.25) is 0 Å². The van der Waals surface area contributed by atoms with Crippen LogP contribution < -0.4 is 5.32 Å². The predicted octanol–water partition coefficient (Wildman–Crippen LogP) is 3.71. The molecule has 0 aliphatic carbocycles. The van der Waals surface area contributed by atoms with E-state index in [1.54, 1.807) is 18.5 Å². The molecule has 3 aromatic rings. The van der Waals surface area contributed by atoms with E-state index in [2.05, 4.69) is 31.2 Å². The molecule has 4 nitrogen and oxygen atoms in total. The molecule has 0 radical (unpaired) electrons. The van der Waals surface area contributed by atoms with E-state index in [-0.39, 0.29) is 5.75 Å². The third-order valence-corrected chi connectivity index (χ3v) is 3.51. The lowest BCUT2D eigenvalue weighted by molar-refractivity contribution is 0.480. The van der Waals surface area contributed by atoms with Gasteiger partial charge in [0, 0.05) is 28.8 Å². The number of anilines is 1. The smallest absolute Gasteiger partial charge is 0.141 e. The number of halogens is 1. The molecular formula is C15H12BrN3O. The zero-order valence-electron chi connectivity index (χ0n) is 10.5. The molecule has 2 aromatic heterocycles. The lowest BCUT2D eigenvalue weighted by Crippen LogP contribution is -2.02. The summed E-state index contributed by atoms with van der Waals surface area (Å²) in [5.41, 5.74) is 1.68. The summed E-state index contributed by atoms with van der Waals surface area (Å²) in [5.74, 6) is 0.995. The lowest BCUT2D eigenvalue weighted by atomic mass is 10.1. The molecule has 100 valence electrons. The fraction of sp³-hybridized carbons (Fsp3) is 0.0667. The second kappa shape index (κ2) is 5.46. The molecule has 0 saturated carbocycles. The minimum absolute atomic E-state index is 0.199. The number of rotatable bonds is 3. The molecule has 5 heteroatoms. The number of phenolic OH excluding ortho intramolecular Hbond substituents is 1. The Labute approximate surface area is 124 Å². The number of aromatic nitrogens is 2. The lowest BCUT2D eigenvalue weighted by Gasteiger charge is -2.09. The monoisotopic (exact) mass is 329 g/mol. The van der Waals surface area contributed by atoms with Crippen molar-refractivity contribution in [3.05, 3.63) is 58.8 Å². The number of nitrogens with zero attached hydrogens (tertiary/aromatic N) is 2. The third kappa shape index (κ3) is 2.58. The third-order valence-electron chi connectivity index (χ3n) is 3.02. The van der Waals surface area contributed by atoms with Crippen LogP contribution in [0.1, 0.15) is 5.56 Å². The van der Waals surface area contributed by atoms with Crippen LogP contribution in [-0.4, -0.2) is 15.1 Å². The summed E-state index contributed by atoms with van der Waals surface area (Å²) >= 11 is 3.41. The van der Waals surface area contributed by atoms with Crippen LogP contribution in [0.5, 0.6) is 5.75 Å². The highest BCUT2D eigenvalue weighted by atomic mass is 79.9. The van der Waals surface area contributed by atoms with Crippen LogP contribution in [0, 0.1) is 0 Å². The molecule has 0 saturated heterocycles. The maximum Gasteiger partial charge on any atom is 0.141 e. The zero-order chi connectivity index (χ0) is 13.9. The van der Waals surface area contributed by atoms with Gasteiger partial charge >= 0.3 is 0 Å². The fourth-order valence-electron chi connectivity index (χ4n) is 2.06. The molecule has 2 heterocycles. The summed E-state index contributed by atoms with van der Waals surface area (Å²) in [5, 5.41) is 14.0. The Hall–Kier alpha value is -2.14. The summed E-state index contributed by atoms with van der Waals surface area (Å²) < 4.78 is 0.979. The molecule has 1 aromatic carbocycles. The first-order valence-corrected chi connectivity index (χ1v) is 6.94. The van der Waals surface area contributed by atoms with Crippen LogP contribution >= 0.6 is 15.9 Å². The highest BCUT2D eigenvalue weighted by molar-refractivity contribution is 9.10. The number of nitrogens with one attached hydrogen (secondary N) is 1. The van der Waals surface area contributed by atoms with Gasteiger partial charge in [-0.05, 0) is 29.8 Å². The van der Waals surface area contributed by atoms with Crippen molar-refractivity contribution in [2.75, 3.05) is 5.32 Å². The van der Waals surface area contributed by atoms with Crippen molar-refractivity contribution in [1.82, 2.24) is 9.97 Å². The van der Waals surface area contributed by atoms with Crippen LogP contribution in [0.25, 0.3) is 10.9 Å². The van der Waals surface area contributed by atoms with E-state index in [1.807, 2.05) is 30.3 Å². The number of phenols is 1. The normalized spacial score (nSPS) is 10.7. The first-order valence-electron chi connectivity index (χ1n) is 6.15. The van der Waals surface area contributed by atoms with Gasteiger partial charge in [0.25, 0.3) is 0 Å². The highest BCUT2D eigenvalue weighted by Crippen LogP contribution is 2.26. The molecular weight excluding hydrogens is 318 g/mol. The number of aromatic hydroxyl groups is 1. The number of benzene rings is 1. The molecule has 0 spiro atoms. The van der Waals surface area contributed by atoms with Crippen molar-refractivity contribution in [3.63, 3.8) is 0 Å². The first-order chi connectivity index (χ1) is 9.74. The second-order valence-corrected chi connectivity index (χ2v) is 5.27. The molecule has 0 fully saturated rings. The van der Waals surface area contributed by atoms with Crippen molar-refractivity contribution in [2.45, 2.75) is 6.54 Å². The molecule has 0 aliphatic heterocycles. The van der Waals surface area contributed by atoms with Crippen LogP contribution in [-0.2, 0) is 6.54 Å². The van der Waals surface area contributed by atoms with E-state index in [0.29, 0.717) is 12.1 Å². The molecule has 3 rings (SSSR count). The quantitative estimate of drug-likeness (QED) is 0.769. The Bertz CT molecular complexity index is 761. The van der Waals surface area contributed by atoms with Gasteiger partial charge < -0.3 is 10.4 Å². The molecule has 0 atom stereocenters. The standard InChI is InChI=1S/C15H12BrN3O/c16-11-5-7-17-14(8-11)19-9-10-3-4-13(20)15-12(10)2-1-6-18-15/h1-8,20H,9H2,(H,17,19). The van der Waals surface area contributed by atoms with E-state index in [9.17, 15) is 5.11 Å². The minimum Gasteiger partial charge on any atom is -0.506 e. The van der Waals surface area contributed by atoms with Crippen molar-refractivity contribution in [3.8, 4) is 5.75 Å². The summed E-state index contributed by atoms with van der Waals surface area (Å²) in [7, 11) is 0. The van der Waals surface area contributed by atoms with E-state index in [1.165, 1.54) is 0 Å². The van der Waals surface area contributed by atoms with Crippen molar-refractivity contribution in [1.29, 1.82) is 0 Å². The van der Waals surface area contributed by atoms with Gasteiger partial charge in [0.15, 0.2) is 0 Å². The van der Waals surface area contributed by atoms with E-state index in [0.717, 1.165) is 21.2 Å². The molecule has 0 aliphatic rings. The van der Waals surface area contributed by atoms with E-state index >= 15 is 0 Å². The van der Waals surface area contributed by atoms with E-state index in [4.69, 9.17) is 0 Å². The van der Waals surface area contributed by atoms with Gasteiger partial charge in [-0.2, -0.15) is 0 Å². The Morgan fingerprint density at radius 2 is 2.00 bits per heavy atom. The summed E-state index contributed by atoms with van der Waals surface area (Å²) in [4.78, 5) is 8.46. The maximum absolute atomic E-state index is 9.82. The second-order valence-electron chi connectivity index (χ2n) is 4.36. The van der Waals surface area contributed by atoms with Gasteiger partial charge in [-0.3, -0.25) is 4.98 Å². The van der Waals surface area contributed by atoms with Gasteiger partial charge in [0.05, 0.1) is 0 Å². The first kappa shape index (κ1) is 12.9. The van der Waals surface area contributed by atoms with Gasteiger partial charge in [-0.15, -0.1) is 0 Å². The Balaban J connectivity index is 1.90. The summed E-state index contributed by atoms with van der Waals surface area (Å²) in [6.07, 6.45) is 3.41. The molecule has 0 bridgehead atoms. The van der Waals surface area contributed by atoms with Crippen LogP contribution in [0.3, 0.4) is 0 Å². The van der Waals surface area contributed by atoms with Crippen molar-refractivity contribution >= 4 is 32.7 Å². The fourth-order valence-corrected chi connectivity index (χ4v) is 2.39. The number of fused-ring (bicyclic) bond motifs is 1. The van der Waals surface area contributed by atoms with E-state index < -0.39 is 0 Å². The van der Waals surface area contributed by atoms with Gasteiger partial charge in [0.1, 0.15) is 17.1 Å². The molecule has 0 amide bonds. The zero-order valence-corrected chi connectivity index (χ0v) is 12.1. The maximum atomic E-state index is 9.82. The summed E-state index contributed by atoms with van der Waals surface area (Å²) in [6.45, 7) is 0.617. The van der Waals surface area contributed by atoms with Gasteiger partial charge in [-0.1, -0.05) is 28.1 Å².